The van der Waals surface area contributed by atoms with Crippen LogP contribution in [0, 0.1) is 23.3 Å². The highest BCUT2D eigenvalue weighted by Gasteiger charge is 2.23. The van der Waals surface area contributed by atoms with Gasteiger partial charge in [-0.2, -0.15) is 0 Å². The highest BCUT2D eigenvalue weighted by molar-refractivity contribution is 8.00. The van der Waals surface area contributed by atoms with Crippen LogP contribution in [-0.2, 0) is 0 Å². The molecule has 7 heteroatoms. The van der Waals surface area contributed by atoms with Crippen LogP contribution >= 0.6 is 23.1 Å². The lowest BCUT2D eigenvalue weighted by Crippen LogP contribution is -1.96. The fraction of sp³-hybridized carbons (Fsp3) is 0.125. The summed E-state index contributed by atoms with van der Waals surface area (Å²) in [5.74, 6) is -6.45. The van der Waals surface area contributed by atoms with Crippen LogP contribution in [0.4, 0.5) is 17.6 Å². The number of hydrogen-bond acceptors (Lipinski definition) is 3. The normalized spacial score (nSPS) is 11.3. The van der Waals surface area contributed by atoms with E-state index in [0.29, 0.717) is 4.34 Å². The molecule has 0 saturated heterocycles. The number of halogens is 4. The van der Waals surface area contributed by atoms with Gasteiger partial charge >= 0.3 is 0 Å². The third-order valence-electron chi connectivity index (χ3n) is 1.77. The molecule has 0 radical (unpaired) electrons. The summed E-state index contributed by atoms with van der Waals surface area (Å²) in [7, 11) is 0. The van der Waals surface area contributed by atoms with E-state index in [2.05, 4.69) is 4.98 Å². The van der Waals surface area contributed by atoms with Crippen LogP contribution in [0.5, 0.6) is 0 Å². The van der Waals surface area contributed by atoms with Crippen LogP contribution in [0.1, 0.15) is 0 Å². The maximum atomic E-state index is 13.2. The molecule has 80 valence electrons. The molecule has 0 unspecified atom stereocenters. The second-order valence-electron chi connectivity index (χ2n) is 2.62. The molecule has 0 saturated carbocycles. The first kappa shape index (κ1) is 10.7. The van der Waals surface area contributed by atoms with Gasteiger partial charge in [0.2, 0.25) is 0 Å². The van der Waals surface area contributed by atoms with Crippen LogP contribution in [0.25, 0.3) is 10.2 Å². The minimum absolute atomic E-state index is 0.296. The van der Waals surface area contributed by atoms with Gasteiger partial charge in [-0.3, -0.25) is 0 Å². The number of benzene rings is 1. The van der Waals surface area contributed by atoms with Crippen molar-refractivity contribution in [3.05, 3.63) is 23.3 Å². The molecule has 15 heavy (non-hydrogen) atoms. The minimum atomic E-state index is -1.82. The molecule has 2 rings (SSSR count). The number of thioether (sulfide) groups is 1. The Morgan fingerprint density at radius 1 is 1.00 bits per heavy atom. The van der Waals surface area contributed by atoms with E-state index in [1.54, 1.807) is 6.26 Å². The first-order chi connectivity index (χ1) is 7.06. The van der Waals surface area contributed by atoms with E-state index in [1.165, 1.54) is 0 Å². The smallest absolute Gasteiger partial charge is 0.199 e. The van der Waals surface area contributed by atoms with Crippen molar-refractivity contribution >= 4 is 33.3 Å². The second-order valence-corrected chi connectivity index (χ2v) is 4.67. The van der Waals surface area contributed by atoms with Crippen molar-refractivity contribution in [3.8, 4) is 0 Å². The van der Waals surface area contributed by atoms with Crippen molar-refractivity contribution in [1.29, 1.82) is 0 Å². The minimum Gasteiger partial charge on any atom is -0.226 e. The number of nitrogens with zero attached hydrogens (tertiary/aromatic N) is 1. The first-order valence-electron chi connectivity index (χ1n) is 3.72. The zero-order valence-electron chi connectivity index (χ0n) is 7.28. The molecule has 2 aromatic rings. The zero-order valence-corrected chi connectivity index (χ0v) is 8.91. The van der Waals surface area contributed by atoms with Gasteiger partial charge < -0.3 is 0 Å². The molecule has 1 nitrogen and oxygen atoms in total. The Morgan fingerprint density at radius 3 is 2.20 bits per heavy atom. The van der Waals surface area contributed by atoms with Gasteiger partial charge in [0, 0.05) is 0 Å². The fourth-order valence-electron chi connectivity index (χ4n) is 1.08. The summed E-state index contributed by atoms with van der Waals surface area (Å²) < 4.78 is 52.0. The average molecular weight is 253 g/mol. The molecule has 0 amide bonds. The van der Waals surface area contributed by atoms with Crippen molar-refractivity contribution in [2.75, 3.05) is 6.26 Å². The van der Waals surface area contributed by atoms with Crippen LogP contribution in [0.3, 0.4) is 0 Å². The van der Waals surface area contributed by atoms with Gasteiger partial charge in [-0.25, -0.2) is 22.5 Å². The SMILES string of the molecule is CSc1nc2c(F)c(F)c(F)c(F)c2s1. The summed E-state index contributed by atoms with van der Waals surface area (Å²) in [5, 5.41) is 0. The van der Waals surface area contributed by atoms with Crippen LogP contribution in [0.2, 0.25) is 0 Å². The van der Waals surface area contributed by atoms with Crippen molar-refractivity contribution in [3.63, 3.8) is 0 Å². The molecule has 1 aromatic heterocycles. The molecule has 0 fully saturated rings. The van der Waals surface area contributed by atoms with Gasteiger partial charge in [-0.1, -0.05) is 11.8 Å². The zero-order chi connectivity index (χ0) is 11.2. The lowest BCUT2D eigenvalue weighted by Gasteiger charge is -1.97. The van der Waals surface area contributed by atoms with E-state index in [1.807, 2.05) is 0 Å². The lowest BCUT2D eigenvalue weighted by atomic mass is 10.3. The highest BCUT2D eigenvalue weighted by atomic mass is 32.2. The summed E-state index contributed by atoms with van der Waals surface area (Å²) >= 11 is 1.94. The van der Waals surface area contributed by atoms with Crippen molar-refractivity contribution < 1.29 is 17.6 Å². The molecule has 0 bridgehead atoms. The Hall–Kier alpha value is -0.820. The van der Waals surface area contributed by atoms with Crippen molar-refractivity contribution in [2.24, 2.45) is 0 Å². The molecule has 0 aliphatic heterocycles. The van der Waals surface area contributed by atoms with Crippen LogP contribution in [-0.4, -0.2) is 11.2 Å². The van der Waals surface area contributed by atoms with Crippen LogP contribution in [0.15, 0.2) is 4.34 Å². The van der Waals surface area contributed by atoms with Gasteiger partial charge in [0.1, 0.15) is 5.52 Å². The predicted octanol–water partition coefficient (Wildman–Crippen LogP) is 3.57. The number of rotatable bonds is 1. The summed E-state index contributed by atoms with van der Waals surface area (Å²) in [6.45, 7) is 0. The largest absolute Gasteiger partial charge is 0.226 e. The molecule has 0 atom stereocenters. The maximum Gasteiger partial charge on any atom is 0.199 e. The summed E-state index contributed by atoms with van der Waals surface area (Å²) in [6.07, 6.45) is 1.65. The number of hydrogen-bond donors (Lipinski definition) is 0. The molecule has 1 heterocycles. The molecular formula is C8H3F4NS2. The van der Waals surface area contributed by atoms with Gasteiger partial charge in [0.05, 0.1) is 4.70 Å². The summed E-state index contributed by atoms with van der Waals surface area (Å²) in [4.78, 5) is 3.65. The van der Waals surface area contributed by atoms with E-state index < -0.39 is 28.8 Å². The van der Waals surface area contributed by atoms with Gasteiger partial charge in [0.15, 0.2) is 27.6 Å². The van der Waals surface area contributed by atoms with E-state index in [9.17, 15) is 17.6 Å². The lowest BCUT2D eigenvalue weighted by molar-refractivity contribution is 0.418. The predicted molar refractivity (Wildman–Crippen MR) is 51.2 cm³/mol. The van der Waals surface area contributed by atoms with Gasteiger partial charge in [-0.15, -0.1) is 11.3 Å². The first-order valence-corrected chi connectivity index (χ1v) is 5.77. The van der Waals surface area contributed by atoms with E-state index in [0.717, 1.165) is 23.1 Å². The molecular weight excluding hydrogens is 250 g/mol. The standard InChI is InChI=1S/C8H3F4NS2/c1-14-8-13-6-4(11)2(9)3(10)5(12)7(6)15-8/h1H3. The topological polar surface area (TPSA) is 12.9 Å². The van der Waals surface area contributed by atoms with E-state index in [-0.39, 0.29) is 4.70 Å². The van der Waals surface area contributed by atoms with Gasteiger partial charge in [-0.05, 0) is 6.26 Å². The summed E-state index contributed by atoms with van der Waals surface area (Å²) in [6, 6.07) is 0. The maximum absolute atomic E-state index is 13.2. The summed E-state index contributed by atoms with van der Waals surface area (Å²) in [5.41, 5.74) is -0.458. The van der Waals surface area contributed by atoms with Crippen molar-refractivity contribution in [2.45, 2.75) is 4.34 Å². The molecule has 0 aliphatic carbocycles. The second kappa shape index (κ2) is 3.64. The quantitative estimate of drug-likeness (QED) is 0.333. The van der Waals surface area contributed by atoms with E-state index in [4.69, 9.17) is 0 Å². The van der Waals surface area contributed by atoms with Crippen LogP contribution < -0.4 is 0 Å². The number of aromatic nitrogens is 1. The molecule has 0 spiro atoms. The molecule has 1 aromatic carbocycles. The third-order valence-corrected chi connectivity index (χ3v) is 3.80. The number of thiazole rings is 1. The highest BCUT2D eigenvalue weighted by Crippen LogP contribution is 2.34. The van der Waals surface area contributed by atoms with E-state index >= 15 is 0 Å². The Balaban J connectivity index is 2.90. The number of fused-ring (bicyclic) bond motifs is 1. The van der Waals surface area contributed by atoms with Crippen molar-refractivity contribution in [1.82, 2.24) is 4.98 Å². The Labute approximate surface area is 90.1 Å². The monoisotopic (exact) mass is 253 g/mol. The van der Waals surface area contributed by atoms with Gasteiger partial charge in [0.25, 0.3) is 0 Å². The average Bonchev–Trinajstić information content (AvgIpc) is 2.67. The Morgan fingerprint density at radius 2 is 1.60 bits per heavy atom. The fourth-order valence-corrected chi connectivity index (χ4v) is 2.57. The molecule has 0 N–H and O–H groups in total. The molecule has 0 aliphatic rings. The Bertz CT molecular complexity index is 492. The Kier molecular flexibility index (Phi) is 2.59. The third kappa shape index (κ3) is 1.50.